The first kappa shape index (κ1) is 20.3. The highest BCUT2D eigenvalue weighted by Crippen LogP contribution is 2.26. The third-order valence-electron chi connectivity index (χ3n) is 3.79. The molecule has 0 unspecified atom stereocenters. The third-order valence-corrected chi connectivity index (χ3v) is 5.40. The standard InChI is InChI=1S/C19H18ClN3O3S2/c1-28(25,26)23-16-9-5-14(6-10-16)17-12-27-19(21-17)22-18(24)11-4-13-2-7-15(20)8-3-13/h2-3,5-10,12,23H,4,11H2,1H3,(H,21,22,24). The normalized spacial score (nSPS) is 11.2. The Morgan fingerprint density at radius 2 is 1.79 bits per heavy atom. The molecular formula is C19H18ClN3O3S2. The lowest BCUT2D eigenvalue weighted by molar-refractivity contribution is -0.116. The van der Waals surface area contributed by atoms with Crippen LogP contribution >= 0.6 is 22.9 Å². The first-order valence-electron chi connectivity index (χ1n) is 8.36. The van der Waals surface area contributed by atoms with Gasteiger partial charge in [-0.15, -0.1) is 11.3 Å². The van der Waals surface area contributed by atoms with Crippen LogP contribution in [0.3, 0.4) is 0 Å². The number of nitrogens with zero attached hydrogens (tertiary/aromatic N) is 1. The van der Waals surface area contributed by atoms with Gasteiger partial charge in [0.05, 0.1) is 11.9 Å². The second-order valence-corrected chi connectivity index (χ2v) is 9.21. The summed E-state index contributed by atoms with van der Waals surface area (Å²) in [6.45, 7) is 0. The number of sulfonamides is 1. The topological polar surface area (TPSA) is 88.2 Å². The molecule has 146 valence electrons. The van der Waals surface area contributed by atoms with Crippen molar-refractivity contribution in [2.75, 3.05) is 16.3 Å². The van der Waals surface area contributed by atoms with Crippen molar-refractivity contribution >= 4 is 49.7 Å². The van der Waals surface area contributed by atoms with Crippen molar-refractivity contribution in [1.82, 2.24) is 4.98 Å². The minimum absolute atomic E-state index is 0.108. The van der Waals surface area contributed by atoms with Crippen LogP contribution in [0.2, 0.25) is 5.02 Å². The number of nitrogens with one attached hydrogen (secondary N) is 2. The zero-order valence-corrected chi connectivity index (χ0v) is 17.4. The lowest BCUT2D eigenvalue weighted by Crippen LogP contribution is -2.12. The molecule has 28 heavy (non-hydrogen) atoms. The van der Waals surface area contributed by atoms with Crippen molar-refractivity contribution in [2.45, 2.75) is 12.8 Å². The van der Waals surface area contributed by atoms with Gasteiger partial charge in [-0.05, 0) is 36.2 Å². The zero-order chi connectivity index (χ0) is 20.1. The molecule has 0 fully saturated rings. The summed E-state index contributed by atoms with van der Waals surface area (Å²) in [7, 11) is -3.31. The highest BCUT2D eigenvalue weighted by atomic mass is 35.5. The molecule has 0 aliphatic carbocycles. The molecule has 2 aromatic carbocycles. The van der Waals surface area contributed by atoms with Crippen LogP contribution in [-0.2, 0) is 21.2 Å². The van der Waals surface area contributed by atoms with E-state index >= 15 is 0 Å². The number of aryl methyl sites for hydroxylation is 1. The van der Waals surface area contributed by atoms with Gasteiger partial charge in [-0.1, -0.05) is 35.9 Å². The number of halogens is 1. The Morgan fingerprint density at radius 1 is 1.11 bits per heavy atom. The van der Waals surface area contributed by atoms with Crippen LogP contribution in [0, 0.1) is 0 Å². The van der Waals surface area contributed by atoms with Crippen molar-refractivity contribution in [1.29, 1.82) is 0 Å². The van der Waals surface area contributed by atoms with Crippen LogP contribution < -0.4 is 10.0 Å². The first-order chi connectivity index (χ1) is 13.3. The van der Waals surface area contributed by atoms with Crippen molar-refractivity contribution in [3.05, 3.63) is 64.5 Å². The van der Waals surface area contributed by atoms with E-state index in [4.69, 9.17) is 11.6 Å². The number of carbonyl (C=O) groups excluding carboxylic acids is 1. The van der Waals surface area contributed by atoms with E-state index in [2.05, 4.69) is 15.0 Å². The average molecular weight is 436 g/mol. The Hall–Kier alpha value is -2.42. The van der Waals surface area contributed by atoms with E-state index in [0.717, 1.165) is 17.4 Å². The predicted octanol–water partition coefficient (Wildman–Crippen LogP) is 4.41. The van der Waals surface area contributed by atoms with E-state index in [9.17, 15) is 13.2 Å². The molecule has 1 amide bonds. The fourth-order valence-corrected chi connectivity index (χ4v) is 3.90. The van der Waals surface area contributed by atoms with E-state index in [0.29, 0.717) is 34.4 Å². The maximum atomic E-state index is 12.1. The van der Waals surface area contributed by atoms with Gasteiger partial charge in [0.1, 0.15) is 0 Å². The number of amides is 1. The minimum atomic E-state index is -3.31. The van der Waals surface area contributed by atoms with Crippen LogP contribution in [-0.4, -0.2) is 25.6 Å². The Balaban J connectivity index is 1.57. The third kappa shape index (κ3) is 6.05. The molecule has 3 rings (SSSR count). The maximum absolute atomic E-state index is 12.1. The van der Waals surface area contributed by atoms with E-state index in [1.807, 2.05) is 17.5 Å². The molecule has 0 aliphatic heterocycles. The fraction of sp³-hybridized carbons (Fsp3) is 0.158. The van der Waals surface area contributed by atoms with Crippen LogP contribution in [0.15, 0.2) is 53.9 Å². The summed E-state index contributed by atoms with van der Waals surface area (Å²) < 4.78 is 24.9. The summed E-state index contributed by atoms with van der Waals surface area (Å²) in [5.41, 5.74) is 3.07. The molecule has 0 saturated heterocycles. The molecule has 6 nitrogen and oxygen atoms in total. The monoisotopic (exact) mass is 435 g/mol. The molecule has 0 radical (unpaired) electrons. The molecule has 2 N–H and O–H groups in total. The quantitative estimate of drug-likeness (QED) is 0.575. The van der Waals surface area contributed by atoms with E-state index in [-0.39, 0.29) is 5.91 Å². The maximum Gasteiger partial charge on any atom is 0.229 e. The summed E-state index contributed by atoms with van der Waals surface area (Å²) in [4.78, 5) is 16.6. The fourth-order valence-electron chi connectivity index (χ4n) is 2.48. The van der Waals surface area contributed by atoms with Crippen molar-refractivity contribution in [2.24, 2.45) is 0 Å². The summed E-state index contributed by atoms with van der Waals surface area (Å²) in [6, 6.07) is 14.3. The van der Waals surface area contributed by atoms with Gasteiger partial charge >= 0.3 is 0 Å². The molecular weight excluding hydrogens is 418 g/mol. The number of carbonyl (C=O) groups is 1. The van der Waals surface area contributed by atoms with E-state index in [1.165, 1.54) is 11.3 Å². The predicted molar refractivity (Wildman–Crippen MR) is 114 cm³/mol. The molecule has 9 heteroatoms. The number of benzene rings is 2. The van der Waals surface area contributed by atoms with Crippen molar-refractivity contribution in [3.63, 3.8) is 0 Å². The highest BCUT2D eigenvalue weighted by molar-refractivity contribution is 7.92. The highest BCUT2D eigenvalue weighted by Gasteiger charge is 2.09. The lowest BCUT2D eigenvalue weighted by atomic mass is 10.1. The minimum Gasteiger partial charge on any atom is -0.302 e. The van der Waals surface area contributed by atoms with Crippen LogP contribution in [0.5, 0.6) is 0 Å². The van der Waals surface area contributed by atoms with Gasteiger partial charge in [0.2, 0.25) is 15.9 Å². The molecule has 0 spiro atoms. The van der Waals surface area contributed by atoms with Gasteiger partial charge in [0, 0.05) is 28.1 Å². The second kappa shape index (κ2) is 8.72. The zero-order valence-electron chi connectivity index (χ0n) is 15.0. The Labute approximate surface area is 172 Å². The Bertz CT molecular complexity index is 1060. The van der Waals surface area contributed by atoms with Crippen molar-refractivity contribution in [3.8, 4) is 11.3 Å². The summed E-state index contributed by atoms with van der Waals surface area (Å²) in [5, 5.41) is 5.84. The second-order valence-electron chi connectivity index (χ2n) is 6.16. The van der Waals surface area contributed by atoms with Crippen molar-refractivity contribution < 1.29 is 13.2 Å². The largest absolute Gasteiger partial charge is 0.302 e. The van der Waals surface area contributed by atoms with Gasteiger partial charge in [0.25, 0.3) is 0 Å². The molecule has 0 aliphatic rings. The number of anilines is 2. The Morgan fingerprint density at radius 3 is 2.43 bits per heavy atom. The van der Waals surface area contributed by atoms with Crippen LogP contribution in [0.4, 0.5) is 10.8 Å². The average Bonchev–Trinajstić information content (AvgIpc) is 3.09. The molecule has 0 atom stereocenters. The summed E-state index contributed by atoms with van der Waals surface area (Å²) in [6.07, 6.45) is 2.07. The van der Waals surface area contributed by atoms with Gasteiger partial charge in [-0.25, -0.2) is 13.4 Å². The first-order valence-corrected chi connectivity index (χ1v) is 11.5. The van der Waals surface area contributed by atoms with Crippen LogP contribution in [0.1, 0.15) is 12.0 Å². The van der Waals surface area contributed by atoms with E-state index in [1.54, 1.807) is 36.4 Å². The molecule has 1 aromatic heterocycles. The van der Waals surface area contributed by atoms with Crippen LogP contribution in [0.25, 0.3) is 11.3 Å². The smallest absolute Gasteiger partial charge is 0.229 e. The number of aromatic nitrogens is 1. The molecule has 0 bridgehead atoms. The number of hydrogen-bond acceptors (Lipinski definition) is 5. The summed E-state index contributed by atoms with van der Waals surface area (Å²) >= 11 is 7.19. The van der Waals surface area contributed by atoms with Gasteiger partial charge in [-0.3, -0.25) is 9.52 Å². The SMILES string of the molecule is CS(=O)(=O)Nc1ccc(-c2csc(NC(=O)CCc3ccc(Cl)cc3)n2)cc1. The van der Waals surface area contributed by atoms with Gasteiger partial charge < -0.3 is 5.32 Å². The molecule has 1 heterocycles. The molecule has 0 saturated carbocycles. The Kier molecular flexibility index (Phi) is 6.33. The number of hydrogen-bond donors (Lipinski definition) is 2. The van der Waals surface area contributed by atoms with E-state index < -0.39 is 10.0 Å². The van der Waals surface area contributed by atoms with Gasteiger partial charge in [0.15, 0.2) is 5.13 Å². The number of thiazole rings is 1. The summed E-state index contributed by atoms with van der Waals surface area (Å²) in [5.74, 6) is -0.108. The number of rotatable bonds is 7. The lowest BCUT2D eigenvalue weighted by Gasteiger charge is -2.04. The van der Waals surface area contributed by atoms with Gasteiger partial charge in [-0.2, -0.15) is 0 Å². The molecule has 3 aromatic rings.